The molecule has 108 valence electrons. The maximum absolute atomic E-state index is 6.21. The number of piperidine rings is 1. The molecule has 0 aromatic heterocycles. The Morgan fingerprint density at radius 1 is 0.895 bits per heavy atom. The zero-order chi connectivity index (χ0) is 13.1. The highest BCUT2D eigenvalue weighted by Crippen LogP contribution is 2.23. The van der Waals surface area contributed by atoms with Gasteiger partial charge < -0.3 is 10.6 Å². The van der Waals surface area contributed by atoms with Gasteiger partial charge in [-0.05, 0) is 45.2 Å². The maximum Gasteiger partial charge on any atom is 0.191 e. The topological polar surface area (TPSA) is 44.9 Å². The number of nitrogens with two attached hydrogens (primary N) is 1. The van der Waals surface area contributed by atoms with Crippen LogP contribution in [0.2, 0.25) is 0 Å². The van der Waals surface area contributed by atoms with Crippen molar-refractivity contribution in [3.05, 3.63) is 0 Å². The monoisotopic (exact) mass is 264 g/mol. The molecule has 2 saturated heterocycles. The van der Waals surface area contributed by atoms with Crippen LogP contribution in [0, 0.1) is 0 Å². The molecule has 2 heterocycles. The zero-order valence-electron chi connectivity index (χ0n) is 12.1. The molecule has 1 saturated carbocycles. The molecule has 1 unspecified atom stereocenters. The van der Waals surface area contributed by atoms with Crippen molar-refractivity contribution in [1.82, 2.24) is 9.80 Å². The average Bonchev–Trinajstić information content (AvgIpc) is 3.10. The smallest absolute Gasteiger partial charge is 0.191 e. The van der Waals surface area contributed by atoms with Crippen LogP contribution in [-0.2, 0) is 0 Å². The molecule has 4 heteroatoms. The summed E-state index contributed by atoms with van der Waals surface area (Å²) < 4.78 is 0. The third kappa shape index (κ3) is 3.22. The number of aliphatic imine (C=N–C) groups is 1. The number of rotatable bonds is 2. The Labute approximate surface area is 117 Å². The number of guanidine groups is 1. The minimum Gasteiger partial charge on any atom is -0.370 e. The molecule has 0 aromatic rings. The largest absolute Gasteiger partial charge is 0.370 e. The lowest BCUT2D eigenvalue weighted by molar-refractivity contribution is 0.169. The Morgan fingerprint density at radius 3 is 2.37 bits per heavy atom. The number of likely N-dealkylation sites (tertiary alicyclic amines) is 2. The summed E-state index contributed by atoms with van der Waals surface area (Å²) in [5.74, 6) is 0.811. The molecule has 0 bridgehead atoms. The predicted molar refractivity (Wildman–Crippen MR) is 79.3 cm³/mol. The van der Waals surface area contributed by atoms with Crippen LogP contribution >= 0.6 is 0 Å². The van der Waals surface area contributed by atoms with Crippen molar-refractivity contribution < 1.29 is 0 Å². The first kappa shape index (κ1) is 13.2. The van der Waals surface area contributed by atoms with E-state index in [1.54, 1.807) is 0 Å². The molecule has 1 atom stereocenters. The lowest BCUT2D eigenvalue weighted by Crippen LogP contribution is -2.43. The van der Waals surface area contributed by atoms with E-state index in [0.717, 1.165) is 25.1 Å². The molecular weight excluding hydrogens is 236 g/mol. The van der Waals surface area contributed by atoms with Crippen molar-refractivity contribution >= 4 is 5.96 Å². The summed E-state index contributed by atoms with van der Waals surface area (Å²) in [6.45, 7) is 4.78. The molecule has 0 radical (unpaired) electrons. The van der Waals surface area contributed by atoms with E-state index in [-0.39, 0.29) is 0 Å². The Morgan fingerprint density at radius 2 is 1.63 bits per heavy atom. The molecule has 4 nitrogen and oxygen atoms in total. The van der Waals surface area contributed by atoms with Crippen molar-refractivity contribution in [2.24, 2.45) is 10.7 Å². The summed E-state index contributed by atoms with van der Waals surface area (Å²) in [5.41, 5.74) is 6.21. The van der Waals surface area contributed by atoms with E-state index < -0.39 is 0 Å². The van der Waals surface area contributed by atoms with Crippen molar-refractivity contribution in [2.75, 3.05) is 26.2 Å². The Balaban J connectivity index is 1.52. The molecule has 3 fully saturated rings. The minimum atomic E-state index is 0.508. The molecule has 19 heavy (non-hydrogen) atoms. The lowest BCUT2D eigenvalue weighted by atomic mass is 10.1. The fourth-order valence-electron chi connectivity index (χ4n) is 3.83. The van der Waals surface area contributed by atoms with Crippen LogP contribution in [0.4, 0.5) is 0 Å². The van der Waals surface area contributed by atoms with Gasteiger partial charge in [0.25, 0.3) is 0 Å². The highest BCUT2D eigenvalue weighted by molar-refractivity contribution is 5.78. The summed E-state index contributed by atoms with van der Waals surface area (Å²) >= 11 is 0. The van der Waals surface area contributed by atoms with Gasteiger partial charge in [0.15, 0.2) is 5.96 Å². The van der Waals surface area contributed by atoms with Crippen LogP contribution in [0.1, 0.15) is 51.4 Å². The molecule has 0 aromatic carbocycles. The minimum absolute atomic E-state index is 0.508. The standard InChI is InChI=1S/C15H28N4/c16-15(17-13-6-2-3-7-13)19-11-8-14(12-19)18-9-4-1-5-10-18/h13-14H,1-12H2,(H2,16,17). The second-order valence-electron chi connectivity index (χ2n) is 6.41. The van der Waals surface area contributed by atoms with Crippen LogP contribution in [0.5, 0.6) is 0 Å². The van der Waals surface area contributed by atoms with Crippen LogP contribution in [0.3, 0.4) is 0 Å². The van der Waals surface area contributed by atoms with E-state index in [2.05, 4.69) is 9.80 Å². The van der Waals surface area contributed by atoms with Crippen molar-refractivity contribution in [3.63, 3.8) is 0 Å². The van der Waals surface area contributed by atoms with Gasteiger partial charge in [0.05, 0.1) is 6.04 Å². The second kappa shape index (κ2) is 6.12. The van der Waals surface area contributed by atoms with Gasteiger partial charge in [0, 0.05) is 19.1 Å². The fraction of sp³-hybridized carbons (Fsp3) is 0.933. The molecule has 3 aliphatic rings. The third-order valence-corrected chi connectivity index (χ3v) is 5.03. The van der Waals surface area contributed by atoms with Gasteiger partial charge in [-0.1, -0.05) is 19.3 Å². The molecule has 1 aliphatic carbocycles. The van der Waals surface area contributed by atoms with Gasteiger partial charge in [0.2, 0.25) is 0 Å². The van der Waals surface area contributed by atoms with E-state index in [9.17, 15) is 0 Å². The molecular formula is C15H28N4. The summed E-state index contributed by atoms with van der Waals surface area (Å²) in [4.78, 5) is 9.73. The Bertz CT molecular complexity index is 316. The zero-order valence-corrected chi connectivity index (χ0v) is 12.1. The summed E-state index contributed by atoms with van der Waals surface area (Å²) in [6, 6.07) is 1.23. The molecule has 3 rings (SSSR count). The second-order valence-corrected chi connectivity index (χ2v) is 6.41. The first-order chi connectivity index (χ1) is 9.33. The van der Waals surface area contributed by atoms with Crippen LogP contribution in [0.15, 0.2) is 4.99 Å². The maximum atomic E-state index is 6.21. The average molecular weight is 264 g/mol. The van der Waals surface area contributed by atoms with Crippen LogP contribution in [0.25, 0.3) is 0 Å². The van der Waals surface area contributed by atoms with E-state index >= 15 is 0 Å². The first-order valence-electron chi connectivity index (χ1n) is 8.15. The van der Waals surface area contributed by atoms with Crippen molar-refractivity contribution in [3.8, 4) is 0 Å². The molecule has 0 spiro atoms. The van der Waals surface area contributed by atoms with Gasteiger partial charge in [-0.15, -0.1) is 0 Å². The van der Waals surface area contributed by atoms with Gasteiger partial charge in [-0.3, -0.25) is 4.90 Å². The van der Waals surface area contributed by atoms with Gasteiger partial charge in [0.1, 0.15) is 0 Å². The fourth-order valence-corrected chi connectivity index (χ4v) is 3.83. The quantitative estimate of drug-likeness (QED) is 0.611. The highest BCUT2D eigenvalue weighted by Gasteiger charge is 2.29. The molecule has 2 N–H and O–H groups in total. The highest BCUT2D eigenvalue weighted by atomic mass is 15.3. The molecule has 0 amide bonds. The number of hydrogen-bond donors (Lipinski definition) is 1. The van der Waals surface area contributed by atoms with Gasteiger partial charge in [-0.25, -0.2) is 4.99 Å². The lowest BCUT2D eigenvalue weighted by Gasteiger charge is -2.32. The van der Waals surface area contributed by atoms with E-state index in [1.165, 1.54) is 64.5 Å². The SMILES string of the molecule is NC(=NC1CCCC1)N1CCC(N2CCCCC2)C1. The van der Waals surface area contributed by atoms with Gasteiger partial charge >= 0.3 is 0 Å². The van der Waals surface area contributed by atoms with Crippen molar-refractivity contribution in [2.45, 2.75) is 63.5 Å². The normalized spacial score (nSPS) is 31.3. The predicted octanol–water partition coefficient (Wildman–Crippen LogP) is 1.80. The van der Waals surface area contributed by atoms with Crippen molar-refractivity contribution in [1.29, 1.82) is 0 Å². The summed E-state index contributed by atoms with van der Waals surface area (Å²) in [5, 5.41) is 0. The summed E-state index contributed by atoms with van der Waals surface area (Å²) in [6.07, 6.45) is 10.6. The Kier molecular flexibility index (Phi) is 4.26. The number of hydrogen-bond acceptors (Lipinski definition) is 2. The van der Waals surface area contributed by atoms with E-state index in [1.807, 2.05) is 0 Å². The van der Waals surface area contributed by atoms with Crippen LogP contribution in [-0.4, -0.2) is 54.0 Å². The number of nitrogens with zero attached hydrogens (tertiary/aromatic N) is 3. The van der Waals surface area contributed by atoms with E-state index in [4.69, 9.17) is 10.7 Å². The van der Waals surface area contributed by atoms with Crippen LogP contribution < -0.4 is 5.73 Å². The Hall–Kier alpha value is -0.770. The molecule has 2 aliphatic heterocycles. The summed E-state index contributed by atoms with van der Waals surface area (Å²) in [7, 11) is 0. The first-order valence-corrected chi connectivity index (χ1v) is 8.15. The van der Waals surface area contributed by atoms with E-state index in [0.29, 0.717) is 6.04 Å². The third-order valence-electron chi connectivity index (χ3n) is 5.03. The van der Waals surface area contributed by atoms with Gasteiger partial charge in [-0.2, -0.15) is 0 Å².